The van der Waals surface area contributed by atoms with Crippen molar-refractivity contribution < 1.29 is 26.7 Å². The highest BCUT2D eigenvalue weighted by Crippen LogP contribution is 2.35. The average Bonchev–Trinajstić information content (AvgIpc) is 3.27. The van der Waals surface area contributed by atoms with Gasteiger partial charge in [0.05, 0.1) is 18.7 Å². The minimum atomic E-state index is -4.54. The van der Waals surface area contributed by atoms with Crippen LogP contribution >= 0.6 is 0 Å². The minimum Gasteiger partial charge on any atom is -0.464 e. The van der Waals surface area contributed by atoms with Gasteiger partial charge in [-0.05, 0) is 17.0 Å². The Labute approximate surface area is 187 Å². The second kappa shape index (κ2) is 8.11. The number of H-pyrrole nitrogens is 1. The fraction of sp³-hybridized carbons (Fsp3) is 0.500. The molecule has 178 valence electrons. The number of ether oxygens (including phenoxy) is 1. The third kappa shape index (κ3) is 5.33. The Kier molecular flexibility index (Phi) is 5.69. The molecule has 0 spiro atoms. The summed E-state index contributed by atoms with van der Waals surface area (Å²) in [5.74, 6) is -2.65. The van der Waals surface area contributed by atoms with Crippen molar-refractivity contribution in [3.05, 3.63) is 41.2 Å². The summed E-state index contributed by atoms with van der Waals surface area (Å²) in [6.45, 7) is 5.77. The van der Waals surface area contributed by atoms with Gasteiger partial charge < -0.3 is 14.6 Å². The number of anilines is 1. The monoisotopic (exact) mass is 469 g/mol. The summed E-state index contributed by atoms with van der Waals surface area (Å²) in [5, 5.41) is 0. The van der Waals surface area contributed by atoms with E-state index < -0.39 is 24.2 Å². The lowest BCUT2D eigenvalue weighted by Gasteiger charge is -2.18. The van der Waals surface area contributed by atoms with Crippen molar-refractivity contribution in [2.24, 2.45) is 5.41 Å². The van der Waals surface area contributed by atoms with E-state index in [0.717, 1.165) is 6.07 Å². The van der Waals surface area contributed by atoms with Crippen LogP contribution < -0.4 is 9.64 Å². The molecule has 0 unspecified atom stereocenters. The van der Waals surface area contributed by atoms with E-state index in [0.29, 0.717) is 12.1 Å². The highest BCUT2D eigenvalue weighted by molar-refractivity contribution is 5.84. The molecule has 0 atom stereocenters. The van der Waals surface area contributed by atoms with E-state index in [-0.39, 0.29) is 53.7 Å². The number of nitrogens with zero attached hydrogens (tertiary/aromatic N) is 4. The van der Waals surface area contributed by atoms with Crippen LogP contribution in [0, 0.1) is 5.41 Å². The van der Waals surface area contributed by atoms with Crippen LogP contribution in [0.15, 0.2) is 24.3 Å². The number of hydrogen-bond acceptors (Lipinski definition) is 5. The van der Waals surface area contributed by atoms with E-state index >= 15 is 0 Å². The number of imidazole rings is 1. The van der Waals surface area contributed by atoms with Gasteiger partial charge in [0.15, 0.2) is 11.5 Å². The van der Waals surface area contributed by atoms with Crippen LogP contribution in [-0.4, -0.2) is 45.6 Å². The number of aromatic amines is 1. The van der Waals surface area contributed by atoms with Crippen LogP contribution in [0.4, 0.5) is 27.8 Å². The maximum atomic E-state index is 13.9. The van der Waals surface area contributed by atoms with E-state index in [4.69, 9.17) is 4.74 Å². The average molecular weight is 469 g/mol. The van der Waals surface area contributed by atoms with E-state index in [1.165, 1.54) is 23.1 Å². The normalized spacial score (nSPS) is 16.5. The lowest BCUT2D eigenvalue weighted by Crippen LogP contribution is -2.26. The summed E-state index contributed by atoms with van der Waals surface area (Å²) >= 11 is 0. The molecule has 4 rings (SSSR count). The van der Waals surface area contributed by atoms with Gasteiger partial charge in [0.2, 0.25) is 0 Å². The Morgan fingerprint density at radius 3 is 2.45 bits per heavy atom. The predicted octanol–water partition coefficient (Wildman–Crippen LogP) is 5.23. The van der Waals surface area contributed by atoms with Crippen molar-refractivity contribution >= 4 is 17.0 Å². The van der Waals surface area contributed by atoms with Gasteiger partial charge in [0, 0.05) is 19.4 Å². The largest absolute Gasteiger partial charge is 0.464 e. The first kappa shape index (κ1) is 23.2. The van der Waals surface area contributed by atoms with Crippen molar-refractivity contribution in [3.63, 3.8) is 0 Å². The zero-order valence-electron chi connectivity index (χ0n) is 18.4. The zero-order valence-corrected chi connectivity index (χ0v) is 18.4. The van der Waals surface area contributed by atoms with Crippen LogP contribution in [-0.2, 0) is 12.6 Å². The molecule has 0 saturated carbocycles. The molecule has 1 aliphatic heterocycles. The molecule has 1 N–H and O–H groups in total. The standard InChI is InChI=1S/C22H24F5N5O/c1-20(2,3)12-33-19-30-16-17(31-19)28-15(29-18(16)32-9-8-21(23,24)11-32)10-13-6-4-5-7-14(13)22(25,26)27/h4-7H,8-12H2,1-3H3,(H,28,29,30,31). The molecule has 1 aliphatic rings. The number of fused-ring (bicyclic) bond motifs is 1. The van der Waals surface area contributed by atoms with E-state index in [1.807, 2.05) is 20.8 Å². The first-order valence-corrected chi connectivity index (χ1v) is 10.5. The molecule has 0 radical (unpaired) electrons. The Bertz CT molecular complexity index is 1150. The molecule has 3 heterocycles. The third-order valence-electron chi connectivity index (χ3n) is 5.14. The Hall–Kier alpha value is -2.98. The van der Waals surface area contributed by atoms with Gasteiger partial charge in [-0.3, -0.25) is 0 Å². The number of aromatic nitrogens is 4. The first-order valence-electron chi connectivity index (χ1n) is 10.5. The zero-order chi connectivity index (χ0) is 24.0. The number of rotatable bonds is 5. The highest BCUT2D eigenvalue weighted by Gasteiger charge is 2.40. The summed E-state index contributed by atoms with van der Waals surface area (Å²) < 4.78 is 73.8. The molecular formula is C22H24F5N5O. The molecule has 6 nitrogen and oxygen atoms in total. The molecule has 0 amide bonds. The fourth-order valence-electron chi connectivity index (χ4n) is 3.60. The molecule has 0 aliphatic carbocycles. The van der Waals surface area contributed by atoms with Gasteiger partial charge in [-0.15, -0.1) is 0 Å². The summed E-state index contributed by atoms with van der Waals surface area (Å²) in [4.78, 5) is 17.3. The molecule has 33 heavy (non-hydrogen) atoms. The molecule has 11 heteroatoms. The second-order valence-corrected chi connectivity index (χ2v) is 9.41. The smallest absolute Gasteiger partial charge is 0.416 e. The van der Waals surface area contributed by atoms with Crippen LogP contribution in [0.1, 0.15) is 44.1 Å². The maximum absolute atomic E-state index is 13.9. The second-order valence-electron chi connectivity index (χ2n) is 9.41. The summed E-state index contributed by atoms with van der Waals surface area (Å²) in [5.41, 5.74) is -0.499. The number of benzene rings is 1. The predicted molar refractivity (Wildman–Crippen MR) is 113 cm³/mol. The van der Waals surface area contributed by atoms with Crippen LogP contribution in [0.3, 0.4) is 0 Å². The van der Waals surface area contributed by atoms with Crippen molar-refractivity contribution in [2.45, 2.75) is 45.7 Å². The van der Waals surface area contributed by atoms with Gasteiger partial charge in [0.25, 0.3) is 11.9 Å². The van der Waals surface area contributed by atoms with Crippen molar-refractivity contribution in [3.8, 4) is 6.01 Å². The molecule has 3 aromatic rings. The Balaban J connectivity index is 1.75. The molecule has 2 aromatic heterocycles. The minimum absolute atomic E-state index is 0.0122. The van der Waals surface area contributed by atoms with Gasteiger partial charge in [-0.1, -0.05) is 39.0 Å². The highest BCUT2D eigenvalue weighted by atomic mass is 19.4. The SMILES string of the molecule is CC(C)(C)COc1nc2nc(Cc3ccccc3C(F)(F)F)nc(N3CCC(F)(F)C3)c2[nH]1. The van der Waals surface area contributed by atoms with Gasteiger partial charge >= 0.3 is 6.18 Å². The molecular weight excluding hydrogens is 445 g/mol. The van der Waals surface area contributed by atoms with Gasteiger partial charge in [-0.25, -0.2) is 18.7 Å². The maximum Gasteiger partial charge on any atom is 0.416 e. The van der Waals surface area contributed by atoms with Crippen molar-refractivity contribution in [1.29, 1.82) is 0 Å². The quantitative estimate of drug-likeness (QED) is 0.518. The van der Waals surface area contributed by atoms with Crippen molar-refractivity contribution in [2.75, 3.05) is 24.6 Å². The number of halogens is 5. The first-order chi connectivity index (χ1) is 15.3. The van der Waals surface area contributed by atoms with E-state index in [2.05, 4.69) is 19.9 Å². The topological polar surface area (TPSA) is 66.9 Å². The van der Waals surface area contributed by atoms with Gasteiger partial charge in [-0.2, -0.15) is 18.2 Å². The Morgan fingerprint density at radius 1 is 1.09 bits per heavy atom. The number of alkyl halides is 5. The summed E-state index contributed by atoms with van der Waals surface area (Å²) in [7, 11) is 0. The molecule has 0 bridgehead atoms. The number of hydrogen-bond donors (Lipinski definition) is 1. The molecule has 1 fully saturated rings. The lowest BCUT2D eigenvalue weighted by atomic mass is 9.99. The van der Waals surface area contributed by atoms with E-state index in [9.17, 15) is 22.0 Å². The van der Waals surface area contributed by atoms with Crippen LogP contribution in [0.25, 0.3) is 11.2 Å². The van der Waals surface area contributed by atoms with Gasteiger partial charge in [0.1, 0.15) is 11.3 Å². The van der Waals surface area contributed by atoms with Crippen LogP contribution in [0.2, 0.25) is 0 Å². The molecule has 1 aromatic carbocycles. The van der Waals surface area contributed by atoms with E-state index in [1.54, 1.807) is 0 Å². The van der Waals surface area contributed by atoms with Crippen LogP contribution in [0.5, 0.6) is 6.01 Å². The summed E-state index contributed by atoms with van der Waals surface area (Å²) in [6, 6.07) is 5.29. The molecule has 1 saturated heterocycles. The fourth-order valence-corrected chi connectivity index (χ4v) is 3.60. The lowest BCUT2D eigenvalue weighted by molar-refractivity contribution is -0.138. The third-order valence-corrected chi connectivity index (χ3v) is 5.14. The Morgan fingerprint density at radius 2 is 1.82 bits per heavy atom. The number of nitrogens with one attached hydrogen (secondary N) is 1. The van der Waals surface area contributed by atoms with Crippen molar-refractivity contribution in [1.82, 2.24) is 19.9 Å². The summed E-state index contributed by atoms with van der Waals surface area (Å²) in [6.07, 6.45) is -5.11.